The minimum Gasteiger partial charge on any atom is -0.463 e. The number of unbranched alkanes of at least 4 members (excludes halogenated alkanes) is 1. The number of Topliss-reactive ketones (excluding diaryl/α,β-unsaturated/α-hetero) is 1. The highest BCUT2D eigenvalue weighted by Crippen LogP contribution is 2.42. The fourth-order valence-corrected chi connectivity index (χ4v) is 9.24. The number of esters is 2. The molecule has 4 N–H and O–H groups in total. The zero-order valence-electron chi connectivity index (χ0n) is 39.4. The van der Waals surface area contributed by atoms with Gasteiger partial charge in [-0.25, -0.2) is 4.79 Å². The van der Waals surface area contributed by atoms with Gasteiger partial charge in [0, 0.05) is 57.6 Å². The predicted molar refractivity (Wildman–Crippen MR) is 225 cm³/mol. The van der Waals surface area contributed by atoms with E-state index in [4.69, 9.17) is 37.9 Å². The summed E-state index contributed by atoms with van der Waals surface area (Å²) >= 11 is 0. The molecule has 0 aromatic rings. The third-order valence-corrected chi connectivity index (χ3v) is 13.6. The molecule has 17 nitrogen and oxygen atoms in total. The number of ketones is 1. The third kappa shape index (κ3) is 12.4. The summed E-state index contributed by atoms with van der Waals surface area (Å²) in [5.41, 5.74) is -4.52. The van der Waals surface area contributed by atoms with Gasteiger partial charge in [-0.3, -0.25) is 14.4 Å². The summed E-state index contributed by atoms with van der Waals surface area (Å²) < 4.78 is 49.1. The number of rotatable bonds is 13. The van der Waals surface area contributed by atoms with Crippen LogP contribution in [0.5, 0.6) is 0 Å². The molecule has 0 aliphatic carbocycles. The van der Waals surface area contributed by atoms with Crippen molar-refractivity contribution < 1.29 is 77.5 Å². The number of likely N-dealkylation sites (N-methyl/N-ethyl adjacent to an activating group) is 1. The number of ether oxygens (including phenoxy) is 8. The van der Waals surface area contributed by atoms with E-state index in [-0.39, 0.29) is 38.1 Å². The standard InChI is InChI=1S/C45H77NO16/c1-15-17-20-57-33(48)19-18-32(47)46(12)30-21-25(4)58-42(36(30)50)62-40-27(6)37(61-34-23-43(9,55-13)39(52)29(8)59-34)28(7)41(53)60-31(16-2)45(11,54)38(51)26(5)35(49)24(3)22-44(40,10)56-14/h18-19,24-31,34,36-40,42,50-52,54H,15-17,20-23H2,1-14H3/b19-18+/t24-,25-,26+,27+,28-,29+,30+,31-,34+,36-,37+,38-,39+,40?,42+,43-,44-,45-/m1/s1. The van der Waals surface area contributed by atoms with Crippen molar-refractivity contribution in [3.63, 3.8) is 0 Å². The van der Waals surface area contributed by atoms with Crippen LogP contribution in [0.3, 0.4) is 0 Å². The van der Waals surface area contributed by atoms with Crippen molar-refractivity contribution in [3.05, 3.63) is 12.2 Å². The van der Waals surface area contributed by atoms with Gasteiger partial charge in [-0.1, -0.05) is 41.0 Å². The van der Waals surface area contributed by atoms with Gasteiger partial charge in [-0.05, 0) is 67.2 Å². The number of amides is 1. The van der Waals surface area contributed by atoms with E-state index in [1.165, 1.54) is 40.0 Å². The molecule has 17 heteroatoms. The summed E-state index contributed by atoms with van der Waals surface area (Å²) in [6.45, 7) is 18.7. The van der Waals surface area contributed by atoms with Crippen LogP contribution in [0.4, 0.5) is 0 Å². The molecule has 18 atom stereocenters. The lowest BCUT2D eigenvalue weighted by Gasteiger charge is -2.50. The Hall–Kier alpha value is -2.58. The molecule has 0 aromatic carbocycles. The van der Waals surface area contributed by atoms with Crippen LogP contribution in [0.15, 0.2) is 12.2 Å². The van der Waals surface area contributed by atoms with Crippen molar-refractivity contribution in [2.24, 2.45) is 23.7 Å². The van der Waals surface area contributed by atoms with Crippen LogP contribution in [0.2, 0.25) is 0 Å². The van der Waals surface area contributed by atoms with E-state index in [1.54, 1.807) is 55.4 Å². The molecule has 3 fully saturated rings. The van der Waals surface area contributed by atoms with Crippen molar-refractivity contribution in [1.29, 1.82) is 0 Å². The normalized spacial score (nSPS) is 42.8. The molecule has 3 saturated heterocycles. The molecular weight excluding hydrogens is 810 g/mol. The summed E-state index contributed by atoms with van der Waals surface area (Å²) in [4.78, 5) is 55.4. The molecule has 358 valence electrons. The zero-order chi connectivity index (χ0) is 47.1. The van der Waals surface area contributed by atoms with Gasteiger partial charge < -0.3 is 63.2 Å². The largest absolute Gasteiger partial charge is 0.463 e. The quantitative estimate of drug-likeness (QED) is 0.118. The smallest absolute Gasteiger partial charge is 0.330 e. The average Bonchev–Trinajstić information content (AvgIpc) is 3.23. The molecule has 1 unspecified atom stereocenters. The molecule has 0 saturated carbocycles. The number of aliphatic hydroxyl groups is 4. The molecule has 0 spiro atoms. The second kappa shape index (κ2) is 22.6. The van der Waals surface area contributed by atoms with E-state index in [1.807, 2.05) is 6.92 Å². The van der Waals surface area contributed by atoms with Gasteiger partial charge >= 0.3 is 11.9 Å². The number of hydrogen-bond acceptors (Lipinski definition) is 16. The Morgan fingerprint density at radius 1 is 0.871 bits per heavy atom. The number of carbonyl (C=O) groups is 4. The molecular formula is C45H77NO16. The molecule has 3 heterocycles. The summed E-state index contributed by atoms with van der Waals surface area (Å²) in [5.74, 6) is -6.25. The SMILES string of the molecule is CCCCOC(=O)/C=C/C(=O)N(C)[C@H]1C[C@@H](C)O[C@@H](OC2[C@@H](C)[C@H](O[C@H]3C[C@@](C)(OC)[C@@H](O)[C@H](C)O3)[C@@H](C)C(=O)O[C@H](CC)[C@@](C)(O)[C@H](O)[C@@H](C)C(=O)[C@H](C)C[C@@]2(C)OC)[C@@H]1O. The summed E-state index contributed by atoms with van der Waals surface area (Å²) in [5, 5.41) is 46.2. The lowest BCUT2D eigenvalue weighted by molar-refractivity contribution is -0.319. The van der Waals surface area contributed by atoms with Crippen molar-refractivity contribution in [2.45, 2.75) is 199 Å². The fourth-order valence-electron chi connectivity index (χ4n) is 9.24. The minimum atomic E-state index is -2.02. The van der Waals surface area contributed by atoms with E-state index >= 15 is 0 Å². The Balaban J connectivity index is 2.16. The Labute approximate surface area is 368 Å². The summed E-state index contributed by atoms with van der Waals surface area (Å²) in [6, 6.07) is -0.850. The van der Waals surface area contributed by atoms with Crippen molar-refractivity contribution >= 4 is 23.6 Å². The van der Waals surface area contributed by atoms with Gasteiger partial charge in [-0.15, -0.1) is 0 Å². The molecule has 62 heavy (non-hydrogen) atoms. The summed E-state index contributed by atoms with van der Waals surface area (Å²) in [7, 11) is 4.41. The van der Waals surface area contributed by atoms with Crippen LogP contribution in [-0.4, -0.2) is 161 Å². The van der Waals surface area contributed by atoms with Crippen LogP contribution in [0.1, 0.15) is 115 Å². The highest BCUT2D eigenvalue weighted by molar-refractivity contribution is 5.94. The highest BCUT2D eigenvalue weighted by atomic mass is 16.7. The first-order valence-corrected chi connectivity index (χ1v) is 22.2. The number of nitrogens with zero attached hydrogens (tertiary/aromatic N) is 1. The van der Waals surface area contributed by atoms with Gasteiger partial charge in [0.25, 0.3) is 0 Å². The number of hydrogen-bond donors (Lipinski definition) is 4. The molecule has 1 amide bonds. The first-order chi connectivity index (χ1) is 28.8. The van der Waals surface area contributed by atoms with Crippen LogP contribution >= 0.6 is 0 Å². The maximum Gasteiger partial charge on any atom is 0.330 e. The average molecular weight is 888 g/mol. The number of carbonyl (C=O) groups excluding carboxylic acids is 4. The highest BCUT2D eigenvalue weighted by Gasteiger charge is 2.54. The fraction of sp³-hybridized carbons (Fsp3) is 0.867. The molecule has 0 radical (unpaired) electrons. The minimum absolute atomic E-state index is 0.00351. The van der Waals surface area contributed by atoms with Crippen molar-refractivity contribution in [1.82, 2.24) is 4.90 Å². The van der Waals surface area contributed by atoms with Crippen molar-refractivity contribution in [2.75, 3.05) is 27.9 Å². The van der Waals surface area contributed by atoms with Crippen LogP contribution in [-0.2, 0) is 57.1 Å². The molecule has 3 aliphatic rings. The first-order valence-electron chi connectivity index (χ1n) is 22.2. The topological polar surface area (TPSA) is 226 Å². The third-order valence-electron chi connectivity index (χ3n) is 13.6. The van der Waals surface area contributed by atoms with Crippen LogP contribution in [0, 0.1) is 23.7 Å². The van der Waals surface area contributed by atoms with Gasteiger partial charge in [0.15, 0.2) is 12.6 Å². The molecule has 0 aromatic heterocycles. The van der Waals surface area contributed by atoms with E-state index in [0.29, 0.717) is 6.42 Å². The van der Waals surface area contributed by atoms with E-state index in [9.17, 15) is 39.6 Å². The molecule has 0 bridgehead atoms. The van der Waals surface area contributed by atoms with Gasteiger partial charge in [0.1, 0.15) is 29.7 Å². The van der Waals surface area contributed by atoms with Crippen LogP contribution < -0.4 is 0 Å². The predicted octanol–water partition coefficient (Wildman–Crippen LogP) is 3.24. The number of cyclic esters (lactones) is 1. The van der Waals surface area contributed by atoms with E-state index in [0.717, 1.165) is 18.6 Å². The Kier molecular flexibility index (Phi) is 19.6. The second-order valence-electron chi connectivity index (χ2n) is 18.5. The van der Waals surface area contributed by atoms with Gasteiger partial charge in [0.2, 0.25) is 5.91 Å². The maximum absolute atomic E-state index is 14.3. The lowest BCUT2D eigenvalue weighted by Crippen LogP contribution is -2.62. The van der Waals surface area contributed by atoms with Gasteiger partial charge in [-0.2, -0.15) is 0 Å². The summed E-state index contributed by atoms with van der Waals surface area (Å²) in [6.07, 6.45) is -7.26. The number of methoxy groups -OCH3 is 2. The zero-order valence-corrected chi connectivity index (χ0v) is 39.4. The van der Waals surface area contributed by atoms with Crippen molar-refractivity contribution in [3.8, 4) is 0 Å². The van der Waals surface area contributed by atoms with E-state index < -0.39 is 126 Å². The molecule has 3 aliphatic heterocycles. The second-order valence-corrected chi connectivity index (χ2v) is 18.5. The van der Waals surface area contributed by atoms with E-state index in [2.05, 4.69) is 0 Å². The number of aliphatic hydroxyl groups excluding tert-OH is 3. The Morgan fingerprint density at radius 3 is 2.08 bits per heavy atom. The Morgan fingerprint density at radius 2 is 1.50 bits per heavy atom. The van der Waals surface area contributed by atoms with Gasteiger partial charge in [0.05, 0.1) is 60.3 Å². The molecule has 3 rings (SSSR count). The first kappa shape index (κ1) is 53.8. The van der Waals surface area contributed by atoms with Crippen LogP contribution in [0.25, 0.3) is 0 Å². The lowest BCUT2D eigenvalue weighted by atomic mass is 9.74. The maximum atomic E-state index is 14.3. The Bertz CT molecular complexity index is 1530. The monoisotopic (exact) mass is 888 g/mol.